The van der Waals surface area contributed by atoms with E-state index >= 15 is 0 Å². The predicted octanol–water partition coefficient (Wildman–Crippen LogP) is 3.13. The molecule has 0 amide bonds. The van der Waals surface area contributed by atoms with E-state index in [1.54, 1.807) is 10.8 Å². The van der Waals surface area contributed by atoms with Crippen LogP contribution in [0.3, 0.4) is 0 Å². The normalized spacial score (nSPS) is 18.4. The van der Waals surface area contributed by atoms with Gasteiger partial charge in [0.1, 0.15) is 12.4 Å². The fourth-order valence-electron chi connectivity index (χ4n) is 4.51. The van der Waals surface area contributed by atoms with Gasteiger partial charge in [-0.15, -0.1) is 0 Å². The minimum atomic E-state index is -1.15. The summed E-state index contributed by atoms with van der Waals surface area (Å²) in [6, 6.07) is 3.09. The molecule has 4 N–H and O–H groups in total. The van der Waals surface area contributed by atoms with Crippen molar-refractivity contribution in [3.63, 3.8) is 0 Å². The van der Waals surface area contributed by atoms with E-state index in [2.05, 4.69) is 29.6 Å². The monoisotopic (exact) mass is 503 g/mol. The van der Waals surface area contributed by atoms with Crippen LogP contribution in [-0.2, 0) is 16.3 Å². The fraction of sp³-hybridized carbons (Fsp3) is 0.583. The van der Waals surface area contributed by atoms with E-state index in [1.807, 2.05) is 16.8 Å². The number of carbonyl (C=O) groups is 1. The Hall–Kier alpha value is -2.76. The second kappa shape index (κ2) is 11.3. The first kappa shape index (κ1) is 26.8. The second-order valence-corrected chi connectivity index (χ2v) is 16.1. The topological polar surface area (TPSA) is 145 Å². The van der Waals surface area contributed by atoms with Crippen molar-refractivity contribution in [1.29, 1.82) is 0 Å². The molecule has 0 bridgehead atoms. The number of hydrogen-bond donors (Lipinski definition) is 3. The van der Waals surface area contributed by atoms with Gasteiger partial charge in [0, 0.05) is 45.4 Å². The number of nitrogens with zero attached hydrogens (tertiary/aromatic N) is 3. The molecule has 0 saturated heterocycles. The highest BCUT2D eigenvalue weighted by Gasteiger charge is 2.25. The third-order valence-electron chi connectivity index (χ3n) is 6.43. The summed E-state index contributed by atoms with van der Waals surface area (Å²) >= 11 is 0. The summed E-state index contributed by atoms with van der Waals surface area (Å²) in [5.74, 6) is -0.322. The average Bonchev–Trinajstić information content (AvgIpc) is 3.19. The first-order valence-corrected chi connectivity index (χ1v) is 15.8. The number of rotatable bonds is 7. The summed E-state index contributed by atoms with van der Waals surface area (Å²) in [7, 11) is -1.15. The molecular formula is C24H37N5O5Si. The molecule has 1 aliphatic carbocycles. The van der Waals surface area contributed by atoms with Gasteiger partial charge in [0.05, 0.1) is 10.9 Å². The lowest BCUT2D eigenvalue weighted by atomic mass is 9.86. The van der Waals surface area contributed by atoms with Crippen LogP contribution in [0.2, 0.25) is 25.7 Å². The number of nitrogens with two attached hydrogens (primary N) is 1. The van der Waals surface area contributed by atoms with Crippen LogP contribution < -0.4 is 17.0 Å². The third kappa shape index (κ3) is 6.68. The zero-order valence-corrected chi connectivity index (χ0v) is 22.0. The Morgan fingerprint density at radius 2 is 1.89 bits per heavy atom. The maximum absolute atomic E-state index is 12.9. The first-order valence-electron chi connectivity index (χ1n) is 12.1. The van der Waals surface area contributed by atoms with Gasteiger partial charge in [-0.25, -0.2) is 9.78 Å². The lowest BCUT2D eigenvalue weighted by Gasteiger charge is -2.29. The minimum absolute atomic E-state index is 0.0524. The number of carboxylic acid groups (broad SMARTS) is 1. The molecule has 3 aromatic rings. The molecule has 1 aliphatic rings. The number of pyridine rings is 1. The highest BCUT2D eigenvalue weighted by atomic mass is 28.3. The highest BCUT2D eigenvalue weighted by molar-refractivity contribution is 6.76. The second-order valence-electron chi connectivity index (χ2n) is 10.4. The summed E-state index contributed by atoms with van der Waals surface area (Å²) in [6.45, 7) is 9.87. The van der Waals surface area contributed by atoms with E-state index in [-0.39, 0.29) is 17.3 Å². The Morgan fingerprint density at radius 3 is 2.49 bits per heavy atom. The largest absolute Gasteiger partial charge is 0.481 e. The smallest absolute Gasteiger partial charge is 0.329 e. The molecule has 4 rings (SSSR count). The molecule has 1 fully saturated rings. The number of carboxylic acids is 1. The van der Waals surface area contributed by atoms with Gasteiger partial charge in [-0.3, -0.25) is 19.1 Å². The standard InChI is InChI=1S/C22H33N5O3Si.C2H4O2/c1-31(2,3)11-10-30-14-26-9-8-17-19-18(13-24-20(17)26)21(28)25-22(29)27(19)16-6-4-15(12-23)5-7-16;1-2(3)4/h8-9,13,15-16H,4-7,10-12,14,23H2,1-3H3,(H,25,28,29);1H3,(H,3,4)/t15-,16-;. The van der Waals surface area contributed by atoms with E-state index in [4.69, 9.17) is 20.4 Å². The molecule has 3 aromatic heterocycles. The van der Waals surface area contributed by atoms with E-state index < -0.39 is 14.0 Å². The van der Waals surface area contributed by atoms with Gasteiger partial charge in [0.25, 0.3) is 11.5 Å². The molecule has 35 heavy (non-hydrogen) atoms. The molecule has 0 aromatic carbocycles. The quantitative estimate of drug-likeness (QED) is 0.332. The van der Waals surface area contributed by atoms with Crippen molar-refractivity contribution in [3.05, 3.63) is 39.3 Å². The number of aromatic amines is 1. The zero-order valence-electron chi connectivity index (χ0n) is 21.0. The minimum Gasteiger partial charge on any atom is -0.481 e. The molecule has 0 spiro atoms. The Balaban J connectivity index is 0.000000795. The molecular weight excluding hydrogens is 466 g/mol. The van der Waals surface area contributed by atoms with Crippen LogP contribution in [0.15, 0.2) is 28.0 Å². The number of fused-ring (bicyclic) bond motifs is 3. The molecule has 0 radical (unpaired) electrons. The maximum atomic E-state index is 12.9. The summed E-state index contributed by atoms with van der Waals surface area (Å²) in [4.78, 5) is 41.5. The summed E-state index contributed by atoms with van der Waals surface area (Å²) in [5, 5.41) is 8.68. The molecule has 192 valence electrons. The van der Waals surface area contributed by atoms with Gasteiger partial charge in [-0.05, 0) is 50.3 Å². The van der Waals surface area contributed by atoms with Crippen molar-refractivity contribution in [3.8, 4) is 0 Å². The van der Waals surface area contributed by atoms with Crippen LogP contribution in [0.25, 0.3) is 21.9 Å². The predicted molar refractivity (Wildman–Crippen MR) is 140 cm³/mol. The molecule has 1 saturated carbocycles. The molecule has 10 nitrogen and oxygen atoms in total. The van der Waals surface area contributed by atoms with Crippen LogP contribution in [0.5, 0.6) is 0 Å². The average molecular weight is 504 g/mol. The Bertz CT molecular complexity index is 1280. The SMILES string of the molecule is CC(=O)O.C[Si](C)(C)CCOCn1ccc2c1ncc1c(=O)[nH]c(=O)n([C@H]3CC[C@H](CN)CC3)c12. The highest BCUT2D eigenvalue weighted by Crippen LogP contribution is 2.33. The molecule has 0 unspecified atom stereocenters. The number of nitrogens with one attached hydrogen (secondary N) is 1. The number of H-pyrrole nitrogens is 1. The van der Waals surface area contributed by atoms with E-state index in [0.29, 0.717) is 30.1 Å². The number of ether oxygens (including phenoxy) is 1. The zero-order chi connectivity index (χ0) is 25.8. The van der Waals surface area contributed by atoms with Crippen LogP contribution in [-0.4, -0.2) is 51.4 Å². The molecule has 0 atom stereocenters. The van der Waals surface area contributed by atoms with Gasteiger partial charge in [0.15, 0.2) is 0 Å². The van der Waals surface area contributed by atoms with E-state index in [1.165, 1.54) is 0 Å². The number of hydrogen-bond acceptors (Lipinski definition) is 6. The van der Waals surface area contributed by atoms with Crippen molar-refractivity contribution in [1.82, 2.24) is 19.1 Å². The van der Waals surface area contributed by atoms with Gasteiger partial charge in [0.2, 0.25) is 0 Å². The maximum Gasteiger partial charge on any atom is 0.329 e. The summed E-state index contributed by atoms with van der Waals surface area (Å²) < 4.78 is 9.63. The van der Waals surface area contributed by atoms with E-state index in [0.717, 1.165) is 56.3 Å². The Morgan fingerprint density at radius 1 is 1.23 bits per heavy atom. The van der Waals surface area contributed by atoms with Gasteiger partial charge < -0.3 is 20.1 Å². The van der Waals surface area contributed by atoms with Crippen LogP contribution in [0, 0.1) is 5.92 Å². The van der Waals surface area contributed by atoms with E-state index in [9.17, 15) is 9.59 Å². The Labute approximate surface area is 205 Å². The fourth-order valence-corrected chi connectivity index (χ4v) is 5.27. The summed E-state index contributed by atoms with van der Waals surface area (Å²) in [5.41, 5.74) is 6.51. The van der Waals surface area contributed by atoms with Gasteiger partial charge in [-0.1, -0.05) is 19.6 Å². The third-order valence-corrected chi connectivity index (χ3v) is 8.13. The van der Waals surface area contributed by atoms with Crippen molar-refractivity contribution >= 4 is 36.0 Å². The van der Waals surface area contributed by atoms with Crippen molar-refractivity contribution in [2.45, 2.75) is 71.1 Å². The van der Waals surface area contributed by atoms with Gasteiger partial charge in [-0.2, -0.15) is 0 Å². The molecule has 3 heterocycles. The van der Waals surface area contributed by atoms with Crippen molar-refractivity contribution in [2.75, 3.05) is 13.2 Å². The first-order chi connectivity index (χ1) is 16.5. The van der Waals surface area contributed by atoms with Crippen LogP contribution in [0.1, 0.15) is 38.6 Å². The van der Waals surface area contributed by atoms with Gasteiger partial charge >= 0.3 is 5.69 Å². The molecule has 11 heteroatoms. The van der Waals surface area contributed by atoms with Crippen molar-refractivity contribution < 1.29 is 14.6 Å². The number of aromatic nitrogens is 4. The lowest BCUT2D eigenvalue weighted by Crippen LogP contribution is -2.35. The van der Waals surface area contributed by atoms with Crippen LogP contribution >= 0.6 is 0 Å². The summed E-state index contributed by atoms with van der Waals surface area (Å²) in [6.07, 6.45) is 7.26. The lowest BCUT2D eigenvalue weighted by molar-refractivity contribution is -0.134. The van der Waals surface area contributed by atoms with Crippen LogP contribution in [0.4, 0.5) is 0 Å². The van der Waals surface area contributed by atoms with Crippen molar-refractivity contribution in [2.24, 2.45) is 11.7 Å². The number of aliphatic carboxylic acids is 1. The molecule has 0 aliphatic heterocycles. The Kier molecular flexibility index (Phi) is 8.68.